The van der Waals surface area contributed by atoms with Crippen molar-refractivity contribution < 1.29 is 9.53 Å². The average molecular weight is 484 g/mol. The van der Waals surface area contributed by atoms with E-state index in [4.69, 9.17) is 15.5 Å². The number of pyridine rings is 2. The Balaban J connectivity index is 1.33. The van der Waals surface area contributed by atoms with Crippen LogP contribution in [0.2, 0.25) is 0 Å². The Morgan fingerprint density at radius 2 is 1.92 bits per heavy atom. The third-order valence-electron chi connectivity index (χ3n) is 7.04. The largest absolute Gasteiger partial charge is 0.479 e. The van der Waals surface area contributed by atoms with E-state index in [1.165, 1.54) is 0 Å². The van der Waals surface area contributed by atoms with Gasteiger partial charge in [-0.1, -0.05) is 6.07 Å². The van der Waals surface area contributed by atoms with Crippen LogP contribution in [0.15, 0.2) is 60.9 Å². The smallest absolute Gasteiger partial charge is 0.267 e. The average Bonchev–Trinajstić information content (AvgIpc) is 3.25. The second kappa shape index (κ2) is 8.83. The first kappa shape index (κ1) is 22.4. The molecule has 0 saturated carbocycles. The number of hydrogen-bond acceptors (Lipinski definition) is 7. The van der Waals surface area contributed by atoms with Gasteiger partial charge in [0.25, 0.3) is 5.91 Å². The summed E-state index contributed by atoms with van der Waals surface area (Å²) >= 11 is 0. The molecule has 4 aromatic rings. The lowest BCUT2D eigenvalue weighted by molar-refractivity contribution is -0.125. The van der Waals surface area contributed by atoms with E-state index in [9.17, 15) is 4.79 Å². The van der Waals surface area contributed by atoms with Gasteiger partial charge >= 0.3 is 0 Å². The van der Waals surface area contributed by atoms with E-state index in [0.717, 1.165) is 66.8 Å². The quantitative estimate of drug-likeness (QED) is 0.477. The summed E-state index contributed by atoms with van der Waals surface area (Å²) in [5.74, 6) is 1.66. The molecule has 1 aromatic carbocycles. The molecule has 2 N–H and O–H groups in total. The van der Waals surface area contributed by atoms with Gasteiger partial charge in [-0.25, -0.2) is 9.97 Å². The molecule has 9 nitrogen and oxygen atoms in total. The van der Waals surface area contributed by atoms with Crippen LogP contribution in [0.5, 0.6) is 5.75 Å². The number of rotatable bonds is 4. The van der Waals surface area contributed by atoms with Gasteiger partial charge < -0.3 is 24.7 Å². The van der Waals surface area contributed by atoms with E-state index < -0.39 is 6.10 Å². The van der Waals surface area contributed by atoms with E-state index in [-0.39, 0.29) is 5.91 Å². The summed E-state index contributed by atoms with van der Waals surface area (Å²) in [6.45, 7) is 6.15. The van der Waals surface area contributed by atoms with Crippen molar-refractivity contribution in [3.63, 3.8) is 0 Å². The van der Waals surface area contributed by atoms with E-state index in [2.05, 4.69) is 25.3 Å². The number of piperazine rings is 1. The number of fused-ring (bicyclic) bond motifs is 2. The predicted octanol–water partition coefficient (Wildman–Crippen LogP) is 3.04. The van der Waals surface area contributed by atoms with Gasteiger partial charge in [-0.2, -0.15) is 0 Å². The highest BCUT2D eigenvalue weighted by molar-refractivity contribution is 6.00. The van der Waals surface area contributed by atoms with Gasteiger partial charge in [0.05, 0.1) is 17.1 Å². The van der Waals surface area contributed by atoms with Crippen LogP contribution in [0.4, 0.5) is 17.2 Å². The highest BCUT2D eigenvalue weighted by Gasteiger charge is 2.30. The molecule has 3 aromatic heterocycles. The van der Waals surface area contributed by atoms with Gasteiger partial charge in [0.2, 0.25) is 0 Å². The van der Waals surface area contributed by atoms with Crippen molar-refractivity contribution in [1.82, 2.24) is 19.3 Å². The number of carbonyl (C=O) groups is 1. The first-order valence-corrected chi connectivity index (χ1v) is 12.2. The van der Waals surface area contributed by atoms with Crippen LogP contribution >= 0.6 is 0 Å². The number of anilines is 3. The fourth-order valence-corrected chi connectivity index (χ4v) is 5.04. The van der Waals surface area contributed by atoms with Crippen LogP contribution in [0, 0.1) is 0 Å². The van der Waals surface area contributed by atoms with E-state index >= 15 is 0 Å². The zero-order valence-electron chi connectivity index (χ0n) is 20.5. The molecule has 0 aliphatic carbocycles. The van der Waals surface area contributed by atoms with Crippen molar-refractivity contribution in [3.8, 4) is 17.0 Å². The van der Waals surface area contributed by atoms with Crippen molar-refractivity contribution >= 4 is 28.7 Å². The Morgan fingerprint density at radius 1 is 1.08 bits per heavy atom. The standard InChI is InChI=1S/C27H29N7O2/c1-18-27(35)31(2)21-15-19(6-8-23(21)36-18)26-22(34-16-20(28)7-9-25(34)30-26)17-32-11-13-33(14-12-32)24-5-3-4-10-29-24/h3-10,15-16,18H,11-14,17,28H2,1-2H3. The number of benzene rings is 1. The maximum Gasteiger partial charge on any atom is 0.267 e. The molecule has 36 heavy (non-hydrogen) atoms. The molecule has 1 unspecified atom stereocenters. The Bertz CT molecular complexity index is 1430. The molecule has 2 aliphatic heterocycles. The molecule has 1 atom stereocenters. The first-order valence-electron chi connectivity index (χ1n) is 12.2. The summed E-state index contributed by atoms with van der Waals surface area (Å²) in [5, 5.41) is 0. The Labute approximate surface area is 209 Å². The van der Waals surface area contributed by atoms with Gasteiger partial charge in [0, 0.05) is 63.4 Å². The lowest BCUT2D eigenvalue weighted by Crippen LogP contribution is -2.46. The van der Waals surface area contributed by atoms with Crippen molar-refractivity contribution in [2.45, 2.75) is 19.6 Å². The molecule has 1 fully saturated rings. The Kier molecular flexibility index (Phi) is 5.49. The van der Waals surface area contributed by atoms with Crippen molar-refractivity contribution in [1.29, 1.82) is 0 Å². The minimum Gasteiger partial charge on any atom is -0.479 e. The number of ether oxygens (including phenoxy) is 1. The van der Waals surface area contributed by atoms with Gasteiger partial charge in [-0.3, -0.25) is 9.69 Å². The fraction of sp³-hybridized carbons (Fsp3) is 0.296. The number of amides is 1. The number of nitrogens with zero attached hydrogens (tertiary/aromatic N) is 6. The van der Waals surface area contributed by atoms with Crippen LogP contribution < -0.4 is 20.3 Å². The van der Waals surface area contributed by atoms with E-state index in [0.29, 0.717) is 11.4 Å². The van der Waals surface area contributed by atoms with Gasteiger partial charge in [0.15, 0.2) is 6.10 Å². The SMILES string of the molecule is CC1Oc2ccc(-c3nc4ccc(N)cn4c3CN3CCN(c4ccccn4)CC3)cc2N(C)C1=O. The molecule has 9 heteroatoms. The number of aromatic nitrogens is 3. The summed E-state index contributed by atoms with van der Waals surface area (Å²) in [6, 6.07) is 15.8. The maximum absolute atomic E-state index is 12.5. The molecular weight excluding hydrogens is 454 g/mol. The third-order valence-corrected chi connectivity index (χ3v) is 7.04. The second-order valence-electron chi connectivity index (χ2n) is 9.39. The molecule has 0 bridgehead atoms. The van der Waals surface area contributed by atoms with Crippen LogP contribution in [-0.2, 0) is 11.3 Å². The molecule has 1 saturated heterocycles. The molecule has 0 radical (unpaired) electrons. The normalized spacial score (nSPS) is 18.4. The van der Waals surface area contributed by atoms with Crippen LogP contribution in [-0.4, -0.2) is 64.5 Å². The van der Waals surface area contributed by atoms with Gasteiger partial charge in [-0.05, 0) is 49.4 Å². The minimum absolute atomic E-state index is 0.0616. The number of imidazole rings is 1. The third kappa shape index (κ3) is 3.91. The molecule has 2 aliphatic rings. The molecule has 1 amide bonds. The van der Waals surface area contributed by atoms with E-state index in [1.54, 1.807) is 18.9 Å². The highest BCUT2D eigenvalue weighted by Crippen LogP contribution is 2.38. The minimum atomic E-state index is -0.494. The Morgan fingerprint density at radius 3 is 2.69 bits per heavy atom. The summed E-state index contributed by atoms with van der Waals surface area (Å²) in [4.78, 5) is 28.4. The number of hydrogen-bond donors (Lipinski definition) is 1. The number of nitrogens with two attached hydrogens (primary N) is 1. The van der Waals surface area contributed by atoms with Gasteiger partial charge in [-0.15, -0.1) is 0 Å². The molecular formula is C27H29N7O2. The lowest BCUT2D eigenvalue weighted by Gasteiger charge is -2.35. The zero-order chi connectivity index (χ0) is 24.8. The molecule has 0 spiro atoms. The first-order chi connectivity index (χ1) is 17.5. The molecule has 6 rings (SSSR count). The van der Waals surface area contributed by atoms with Crippen molar-refractivity contribution in [2.75, 3.05) is 48.8 Å². The predicted molar refractivity (Wildman–Crippen MR) is 140 cm³/mol. The summed E-state index contributed by atoms with van der Waals surface area (Å²) < 4.78 is 7.91. The van der Waals surface area contributed by atoms with E-state index in [1.807, 2.05) is 54.9 Å². The highest BCUT2D eigenvalue weighted by atomic mass is 16.5. The van der Waals surface area contributed by atoms with Gasteiger partial charge in [0.1, 0.15) is 17.2 Å². The van der Waals surface area contributed by atoms with Crippen LogP contribution in [0.3, 0.4) is 0 Å². The monoisotopic (exact) mass is 483 g/mol. The maximum atomic E-state index is 12.5. The Hall–Kier alpha value is -4.11. The zero-order valence-corrected chi connectivity index (χ0v) is 20.5. The number of carbonyl (C=O) groups excluding carboxylic acids is 1. The van der Waals surface area contributed by atoms with Crippen LogP contribution in [0.1, 0.15) is 12.6 Å². The van der Waals surface area contributed by atoms with Crippen molar-refractivity contribution in [3.05, 3.63) is 66.6 Å². The molecule has 184 valence electrons. The fourth-order valence-electron chi connectivity index (χ4n) is 5.04. The number of likely N-dealkylation sites (N-methyl/N-ethyl adjacent to an activating group) is 1. The summed E-state index contributed by atoms with van der Waals surface area (Å²) in [7, 11) is 1.79. The van der Waals surface area contributed by atoms with Crippen LogP contribution in [0.25, 0.3) is 16.9 Å². The van der Waals surface area contributed by atoms with Crippen molar-refractivity contribution in [2.24, 2.45) is 0 Å². The second-order valence-corrected chi connectivity index (χ2v) is 9.39. The molecule has 5 heterocycles. The summed E-state index contributed by atoms with van der Waals surface area (Å²) in [5.41, 5.74) is 11.3. The number of nitrogen functional groups attached to an aromatic ring is 1. The topological polar surface area (TPSA) is 92.2 Å². The lowest BCUT2D eigenvalue weighted by atomic mass is 10.1. The summed E-state index contributed by atoms with van der Waals surface area (Å²) in [6.07, 6.45) is 3.28.